The zero-order chi connectivity index (χ0) is 11.2. The van der Waals surface area contributed by atoms with E-state index in [1.54, 1.807) is 17.6 Å². The van der Waals surface area contributed by atoms with Gasteiger partial charge in [-0.1, -0.05) is 41.3 Å². The van der Waals surface area contributed by atoms with Crippen LogP contribution in [-0.2, 0) is 4.79 Å². The Hall–Kier alpha value is -1.40. The Morgan fingerprint density at radius 2 is 2.19 bits per heavy atom. The Kier molecular flexibility index (Phi) is 3.90. The highest BCUT2D eigenvalue weighted by molar-refractivity contribution is 8.01. The van der Waals surface area contributed by atoms with E-state index in [9.17, 15) is 4.79 Å². The number of carbonyl (C=O) groups excluding carboxylic acids is 1. The van der Waals surface area contributed by atoms with Crippen LogP contribution in [0, 0.1) is 0 Å². The maximum absolute atomic E-state index is 11.4. The first-order chi connectivity index (χ1) is 7.84. The fourth-order valence-electron chi connectivity index (χ4n) is 0.996. The summed E-state index contributed by atoms with van der Waals surface area (Å²) in [6.07, 6.45) is 0. The van der Waals surface area contributed by atoms with Gasteiger partial charge in [-0.15, -0.1) is 10.2 Å². The lowest BCUT2D eigenvalue weighted by Gasteiger charge is -2.01. The SMILES string of the molecule is O=C(CSc1nncs1)Oc1ccccc1. The number of ether oxygens (including phenoxy) is 1. The largest absolute Gasteiger partial charge is 0.426 e. The minimum absolute atomic E-state index is 0.240. The molecule has 0 spiro atoms. The summed E-state index contributed by atoms with van der Waals surface area (Å²) in [6.45, 7) is 0. The van der Waals surface area contributed by atoms with Gasteiger partial charge in [-0.3, -0.25) is 4.79 Å². The molecule has 1 aromatic heterocycles. The summed E-state index contributed by atoms with van der Waals surface area (Å²) in [6, 6.07) is 9.00. The van der Waals surface area contributed by atoms with Crippen LogP contribution in [0.5, 0.6) is 5.75 Å². The molecule has 0 saturated heterocycles. The molecule has 82 valence electrons. The van der Waals surface area contributed by atoms with Crippen LogP contribution in [0.4, 0.5) is 0 Å². The number of benzene rings is 1. The third-order valence-electron chi connectivity index (χ3n) is 1.63. The molecule has 0 N–H and O–H groups in total. The third kappa shape index (κ3) is 3.32. The lowest BCUT2D eigenvalue weighted by atomic mass is 10.3. The van der Waals surface area contributed by atoms with Crippen molar-refractivity contribution >= 4 is 29.1 Å². The number of nitrogens with zero attached hydrogens (tertiary/aromatic N) is 2. The van der Waals surface area contributed by atoms with Gasteiger partial charge in [-0.05, 0) is 12.1 Å². The smallest absolute Gasteiger partial charge is 0.321 e. The van der Waals surface area contributed by atoms with Gasteiger partial charge in [0.25, 0.3) is 0 Å². The summed E-state index contributed by atoms with van der Waals surface area (Å²) in [5, 5.41) is 7.50. The predicted octanol–water partition coefficient (Wildman–Crippen LogP) is 2.24. The van der Waals surface area contributed by atoms with Gasteiger partial charge in [0.2, 0.25) is 0 Å². The highest BCUT2D eigenvalue weighted by atomic mass is 32.2. The minimum Gasteiger partial charge on any atom is -0.426 e. The van der Waals surface area contributed by atoms with Crippen LogP contribution < -0.4 is 4.74 Å². The highest BCUT2D eigenvalue weighted by Gasteiger charge is 2.07. The van der Waals surface area contributed by atoms with Crippen LogP contribution in [-0.4, -0.2) is 21.9 Å². The summed E-state index contributed by atoms with van der Waals surface area (Å²) in [7, 11) is 0. The topological polar surface area (TPSA) is 52.1 Å². The van der Waals surface area contributed by atoms with Crippen molar-refractivity contribution in [3.8, 4) is 5.75 Å². The zero-order valence-corrected chi connectivity index (χ0v) is 9.83. The Morgan fingerprint density at radius 1 is 1.38 bits per heavy atom. The van der Waals surface area contributed by atoms with Crippen molar-refractivity contribution in [1.82, 2.24) is 10.2 Å². The van der Waals surface area contributed by atoms with Gasteiger partial charge in [0, 0.05) is 0 Å². The van der Waals surface area contributed by atoms with E-state index >= 15 is 0 Å². The van der Waals surface area contributed by atoms with E-state index in [4.69, 9.17) is 4.74 Å². The van der Waals surface area contributed by atoms with Crippen LogP contribution in [0.25, 0.3) is 0 Å². The first-order valence-corrected chi connectivity index (χ1v) is 6.36. The van der Waals surface area contributed by atoms with E-state index in [1.807, 2.05) is 18.2 Å². The molecule has 4 nitrogen and oxygen atoms in total. The molecule has 0 atom stereocenters. The highest BCUT2D eigenvalue weighted by Crippen LogP contribution is 2.19. The van der Waals surface area contributed by atoms with Crippen molar-refractivity contribution in [2.75, 3.05) is 5.75 Å². The van der Waals surface area contributed by atoms with E-state index in [0.29, 0.717) is 5.75 Å². The van der Waals surface area contributed by atoms with E-state index in [1.165, 1.54) is 23.1 Å². The fraction of sp³-hybridized carbons (Fsp3) is 0.100. The van der Waals surface area contributed by atoms with E-state index < -0.39 is 0 Å². The zero-order valence-electron chi connectivity index (χ0n) is 8.20. The van der Waals surface area contributed by atoms with Crippen molar-refractivity contribution in [3.05, 3.63) is 35.8 Å². The van der Waals surface area contributed by atoms with E-state index in [0.717, 1.165) is 4.34 Å². The minimum atomic E-state index is -0.286. The van der Waals surface area contributed by atoms with Crippen LogP contribution >= 0.6 is 23.1 Å². The number of thioether (sulfide) groups is 1. The first-order valence-electron chi connectivity index (χ1n) is 4.49. The molecule has 0 bridgehead atoms. The Morgan fingerprint density at radius 3 is 2.88 bits per heavy atom. The van der Waals surface area contributed by atoms with E-state index in [-0.39, 0.29) is 11.7 Å². The number of carbonyl (C=O) groups is 1. The molecule has 0 fully saturated rings. The molecule has 0 saturated carbocycles. The van der Waals surface area contributed by atoms with Gasteiger partial charge < -0.3 is 4.74 Å². The predicted molar refractivity (Wildman–Crippen MR) is 62.7 cm³/mol. The second-order valence-electron chi connectivity index (χ2n) is 2.78. The van der Waals surface area contributed by atoms with Crippen molar-refractivity contribution in [2.24, 2.45) is 0 Å². The number of hydrogen-bond donors (Lipinski definition) is 0. The molecule has 0 amide bonds. The standard InChI is InChI=1S/C10H8N2O2S2/c13-9(6-15-10-12-11-7-16-10)14-8-4-2-1-3-5-8/h1-5,7H,6H2. The van der Waals surface area contributed by atoms with Gasteiger partial charge in [-0.2, -0.15) is 0 Å². The molecule has 1 heterocycles. The third-order valence-corrected chi connectivity index (χ3v) is 3.46. The van der Waals surface area contributed by atoms with Crippen molar-refractivity contribution in [2.45, 2.75) is 4.34 Å². The number of aromatic nitrogens is 2. The normalized spacial score (nSPS) is 10.0. The summed E-state index contributed by atoms with van der Waals surface area (Å²) < 4.78 is 5.88. The first kappa shape index (κ1) is 11.1. The maximum atomic E-state index is 11.4. The van der Waals surface area contributed by atoms with Gasteiger partial charge in [0.15, 0.2) is 4.34 Å². The maximum Gasteiger partial charge on any atom is 0.321 e. The van der Waals surface area contributed by atoms with Crippen LogP contribution in [0.15, 0.2) is 40.2 Å². The summed E-state index contributed by atoms with van der Waals surface area (Å²) in [5.41, 5.74) is 1.63. The monoisotopic (exact) mass is 252 g/mol. The molecular formula is C10H8N2O2S2. The molecule has 0 aliphatic rings. The summed E-state index contributed by atoms with van der Waals surface area (Å²) >= 11 is 2.73. The second kappa shape index (κ2) is 5.62. The summed E-state index contributed by atoms with van der Waals surface area (Å²) in [4.78, 5) is 11.4. The summed E-state index contributed by atoms with van der Waals surface area (Å²) in [5.74, 6) is 0.515. The molecule has 1 aromatic carbocycles. The number of para-hydroxylation sites is 1. The molecule has 0 radical (unpaired) electrons. The molecule has 0 unspecified atom stereocenters. The molecule has 2 aromatic rings. The molecule has 0 aliphatic heterocycles. The van der Waals surface area contributed by atoms with Gasteiger partial charge >= 0.3 is 5.97 Å². The molecule has 0 aliphatic carbocycles. The van der Waals surface area contributed by atoms with Gasteiger partial charge in [0.05, 0.1) is 5.75 Å². The molecule has 2 rings (SSSR count). The Bertz CT molecular complexity index is 445. The fourth-order valence-corrected chi connectivity index (χ4v) is 2.26. The van der Waals surface area contributed by atoms with Crippen molar-refractivity contribution in [3.63, 3.8) is 0 Å². The molecule has 6 heteroatoms. The lowest BCUT2D eigenvalue weighted by Crippen LogP contribution is -2.10. The number of rotatable bonds is 4. The molecule has 16 heavy (non-hydrogen) atoms. The average molecular weight is 252 g/mol. The lowest BCUT2D eigenvalue weighted by molar-refractivity contribution is -0.131. The number of hydrogen-bond acceptors (Lipinski definition) is 6. The Balaban J connectivity index is 1.81. The number of esters is 1. The average Bonchev–Trinajstić information content (AvgIpc) is 2.81. The second-order valence-corrected chi connectivity index (χ2v) is 4.84. The van der Waals surface area contributed by atoms with Crippen LogP contribution in [0.3, 0.4) is 0 Å². The Labute approximate surface area is 101 Å². The van der Waals surface area contributed by atoms with Gasteiger partial charge in [0.1, 0.15) is 11.3 Å². The van der Waals surface area contributed by atoms with Gasteiger partial charge in [-0.25, -0.2) is 0 Å². The van der Waals surface area contributed by atoms with E-state index in [2.05, 4.69) is 10.2 Å². The van der Waals surface area contributed by atoms with Crippen LogP contribution in [0.2, 0.25) is 0 Å². The van der Waals surface area contributed by atoms with Crippen molar-refractivity contribution < 1.29 is 9.53 Å². The van der Waals surface area contributed by atoms with Crippen molar-refractivity contribution in [1.29, 1.82) is 0 Å². The molecular weight excluding hydrogens is 244 g/mol. The quantitative estimate of drug-likeness (QED) is 0.474. The van der Waals surface area contributed by atoms with Crippen LogP contribution in [0.1, 0.15) is 0 Å².